The maximum absolute atomic E-state index is 13.0. The molecule has 37 heavy (non-hydrogen) atoms. The Morgan fingerprint density at radius 3 is 2.03 bits per heavy atom. The maximum atomic E-state index is 13.0. The van der Waals surface area contributed by atoms with Crippen LogP contribution in [0, 0.1) is 0 Å². The molecule has 0 saturated heterocycles. The Bertz CT molecular complexity index is 939. The van der Waals surface area contributed by atoms with Gasteiger partial charge in [-0.2, -0.15) is 0 Å². The molecule has 1 rings (SSSR count). The first-order chi connectivity index (χ1) is 17.4. The van der Waals surface area contributed by atoms with Gasteiger partial charge in [0.15, 0.2) is 0 Å². The minimum atomic E-state index is -1.73. The van der Waals surface area contributed by atoms with E-state index < -0.39 is 66.2 Å². The lowest BCUT2D eigenvalue weighted by Crippen LogP contribution is -2.57. The Labute approximate surface area is 212 Å². The van der Waals surface area contributed by atoms with Crippen LogP contribution in [0.25, 0.3) is 0 Å². The minimum Gasteiger partial charge on any atom is -0.481 e. The van der Waals surface area contributed by atoms with E-state index in [0.717, 1.165) is 0 Å². The van der Waals surface area contributed by atoms with Gasteiger partial charge >= 0.3 is 11.9 Å². The van der Waals surface area contributed by atoms with Crippen molar-refractivity contribution in [2.45, 2.75) is 69.1 Å². The number of unbranched alkanes of at least 4 members (excludes halogenated alkanes) is 1. The molecule has 1 heterocycles. The minimum absolute atomic E-state index is 0.0456. The number of amides is 4. The fourth-order valence-corrected chi connectivity index (χ4v) is 3.24. The summed E-state index contributed by atoms with van der Waals surface area (Å²) in [7, 11) is 0. The van der Waals surface area contributed by atoms with Gasteiger partial charge in [-0.05, 0) is 32.2 Å². The van der Waals surface area contributed by atoms with Gasteiger partial charge in [0.25, 0.3) is 0 Å². The molecule has 0 aromatic carbocycles. The molecule has 0 aliphatic heterocycles. The monoisotopic (exact) mass is 526 g/mol. The topological polar surface area (TPSA) is 286 Å². The highest BCUT2D eigenvalue weighted by Crippen LogP contribution is 2.06. The number of aromatic nitrogens is 2. The fraction of sp³-hybridized carbons (Fsp3) is 0.571. The number of primary amides is 1. The number of carboxylic acid groups (broad SMARTS) is 2. The van der Waals surface area contributed by atoms with Crippen LogP contribution in [0.2, 0.25) is 0 Å². The molecule has 1 aromatic rings. The fourth-order valence-electron chi connectivity index (χ4n) is 3.24. The van der Waals surface area contributed by atoms with Crippen LogP contribution in [0.15, 0.2) is 12.5 Å². The zero-order valence-electron chi connectivity index (χ0n) is 20.1. The van der Waals surface area contributed by atoms with E-state index in [2.05, 4.69) is 25.9 Å². The van der Waals surface area contributed by atoms with Crippen LogP contribution in [-0.4, -0.2) is 86.5 Å². The second-order valence-electron chi connectivity index (χ2n) is 8.30. The number of hydrogen-bond donors (Lipinski definition) is 9. The predicted octanol–water partition coefficient (Wildman–Crippen LogP) is -3.31. The first kappa shape index (κ1) is 31.0. The molecule has 4 unspecified atom stereocenters. The highest BCUT2D eigenvalue weighted by molar-refractivity contribution is 5.94. The van der Waals surface area contributed by atoms with E-state index in [4.69, 9.17) is 22.3 Å². The second-order valence-corrected chi connectivity index (χ2v) is 8.30. The maximum Gasteiger partial charge on any atom is 0.326 e. The number of nitrogens with one attached hydrogen (secondary N) is 4. The highest BCUT2D eigenvalue weighted by Gasteiger charge is 2.31. The van der Waals surface area contributed by atoms with Crippen molar-refractivity contribution >= 4 is 35.6 Å². The second kappa shape index (κ2) is 15.8. The molecule has 16 nitrogen and oxygen atoms in total. The number of carbonyl (C=O) groups is 6. The van der Waals surface area contributed by atoms with Crippen molar-refractivity contribution in [3.63, 3.8) is 0 Å². The number of aliphatic carboxylic acids is 2. The Morgan fingerprint density at radius 1 is 0.919 bits per heavy atom. The van der Waals surface area contributed by atoms with E-state index in [1.807, 2.05) is 0 Å². The van der Waals surface area contributed by atoms with E-state index in [-0.39, 0.29) is 25.7 Å². The van der Waals surface area contributed by atoms with Crippen LogP contribution in [0.1, 0.15) is 44.2 Å². The summed E-state index contributed by atoms with van der Waals surface area (Å²) in [5, 5.41) is 25.1. The third-order valence-electron chi connectivity index (χ3n) is 5.22. The number of nitrogens with zero attached hydrogens (tertiary/aromatic N) is 1. The van der Waals surface area contributed by atoms with Gasteiger partial charge < -0.3 is 48.3 Å². The summed E-state index contributed by atoms with van der Waals surface area (Å²) in [4.78, 5) is 78.6. The van der Waals surface area contributed by atoms with E-state index in [0.29, 0.717) is 25.1 Å². The summed E-state index contributed by atoms with van der Waals surface area (Å²) in [6, 6.07) is -5.38. The van der Waals surface area contributed by atoms with Crippen molar-refractivity contribution in [3.05, 3.63) is 18.2 Å². The molecule has 0 fully saturated rings. The molecule has 4 atom stereocenters. The zero-order valence-corrected chi connectivity index (χ0v) is 20.1. The predicted molar refractivity (Wildman–Crippen MR) is 127 cm³/mol. The van der Waals surface area contributed by atoms with Crippen molar-refractivity contribution in [1.82, 2.24) is 25.9 Å². The van der Waals surface area contributed by atoms with Crippen LogP contribution in [0.5, 0.6) is 0 Å². The van der Waals surface area contributed by atoms with Gasteiger partial charge in [-0.3, -0.25) is 24.0 Å². The van der Waals surface area contributed by atoms with Crippen LogP contribution in [0.4, 0.5) is 0 Å². The Hall–Kier alpha value is -4.05. The van der Waals surface area contributed by atoms with Gasteiger partial charge in [0, 0.05) is 24.7 Å². The zero-order chi connectivity index (χ0) is 28.0. The summed E-state index contributed by atoms with van der Waals surface area (Å²) in [6.45, 7) is 0.296. The lowest BCUT2D eigenvalue weighted by Gasteiger charge is -2.25. The molecule has 0 bridgehead atoms. The molecule has 0 radical (unpaired) electrons. The summed E-state index contributed by atoms with van der Waals surface area (Å²) in [5.41, 5.74) is 17.1. The number of aromatic amines is 1. The third kappa shape index (κ3) is 12.0. The molecule has 1 aromatic heterocycles. The average Bonchev–Trinajstić information content (AvgIpc) is 3.32. The molecule has 16 heteroatoms. The molecule has 206 valence electrons. The number of imidazole rings is 1. The molecule has 4 amide bonds. The highest BCUT2D eigenvalue weighted by atomic mass is 16.4. The molecule has 12 N–H and O–H groups in total. The van der Waals surface area contributed by atoms with E-state index in [1.54, 1.807) is 0 Å². The van der Waals surface area contributed by atoms with Crippen LogP contribution < -0.4 is 33.2 Å². The number of H-pyrrole nitrogens is 1. The molecular weight excluding hydrogens is 492 g/mol. The SMILES string of the molecule is NCCCCC(NC(=O)C(CCC(N)=O)NC(=O)C(N)Cc1cnc[nH]1)C(=O)NC(CC(=O)O)C(=O)O. The molecule has 0 saturated carbocycles. The quantitative estimate of drug-likeness (QED) is 0.0853. The normalized spacial score (nSPS) is 14.0. The van der Waals surface area contributed by atoms with Crippen molar-refractivity contribution in [1.29, 1.82) is 0 Å². The van der Waals surface area contributed by atoms with Crippen molar-refractivity contribution < 1.29 is 39.0 Å². The lowest BCUT2D eigenvalue weighted by molar-refractivity contribution is -0.147. The smallest absolute Gasteiger partial charge is 0.326 e. The largest absolute Gasteiger partial charge is 0.481 e. The number of hydrogen-bond acceptors (Lipinski definition) is 9. The van der Waals surface area contributed by atoms with Gasteiger partial charge in [0.1, 0.15) is 18.1 Å². The van der Waals surface area contributed by atoms with Crippen LogP contribution in [0.3, 0.4) is 0 Å². The van der Waals surface area contributed by atoms with Gasteiger partial charge in [-0.25, -0.2) is 9.78 Å². The van der Waals surface area contributed by atoms with Gasteiger partial charge in [0.2, 0.25) is 23.6 Å². The lowest BCUT2D eigenvalue weighted by atomic mass is 10.0. The first-order valence-corrected chi connectivity index (χ1v) is 11.5. The number of carbonyl (C=O) groups excluding carboxylic acids is 4. The number of nitrogens with two attached hydrogens (primary N) is 3. The van der Waals surface area contributed by atoms with Gasteiger partial charge in [-0.1, -0.05) is 0 Å². The van der Waals surface area contributed by atoms with Gasteiger partial charge in [-0.15, -0.1) is 0 Å². The van der Waals surface area contributed by atoms with Crippen molar-refractivity contribution in [2.75, 3.05) is 6.54 Å². The molecule has 0 aliphatic rings. The van der Waals surface area contributed by atoms with E-state index >= 15 is 0 Å². The van der Waals surface area contributed by atoms with E-state index in [1.165, 1.54) is 12.5 Å². The first-order valence-electron chi connectivity index (χ1n) is 11.5. The standard InChI is InChI=1S/C21H34N8O8/c22-6-2-1-3-13(19(34)29-15(21(36)37)8-17(31)32)28-20(35)14(4-5-16(24)30)27-18(33)12(23)7-11-9-25-10-26-11/h9-10,12-15H,1-8,22-23H2,(H2,24,30)(H,25,26)(H,27,33)(H,28,35)(H,29,34)(H,31,32)(H,36,37). The molecule has 0 spiro atoms. The number of rotatable bonds is 18. The average molecular weight is 527 g/mol. The van der Waals surface area contributed by atoms with E-state index in [9.17, 15) is 33.9 Å². The van der Waals surface area contributed by atoms with Crippen molar-refractivity contribution in [2.24, 2.45) is 17.2 Å². The van der Waals surface area contributed by atoms with Crippen LogP contribution >= 0.6 is 0 Å². The summed E-state index contributed by atoms with van der Waals surface area (Å²) in [6.07, 6.45) is 2.53. The molecule has 0 aliphatic carbocycles. The Morgan fingerprint density at radius 2 is 1.51 bits per heavy atom. The summed E-state index contributed by atoms with van der Waals surface area (Å²) in [5.74, 6) is -6.24. The van der Waals surface area contributed by atoms with Crippen LogP contribution in [-0.2, 0) is 35.2 Å². The molecular formula is C21H34N8O8. The number of carboxylic acids is 2. The summed E-state index contributed by atoms with van der Waals surface area (Å²) < 4.78 is 0. The van der Waals surface area contributed by atoms with Crippen molar-refractivity contribution in [3.8, 4) is 0 Å². The Balaban J connectivity index is 2.99. The summed E-state index contributed by atoms with van der Waals surface area (Å²) >= 11 is 0. The Kier molecular flexibility index (Phi) is 13.3. The van der Waals surface area contributed by atoms with Gasteiger partial charge in [0.05, 0.1) is 18.8 Å². The third-order valence-corrected chi connectivity index (χ3v) is 5.22.